The quantitative estimate of drug-likeness (QED) is 0.724. The monoisotopic (exact) mass is 238 g/mol. The molecule has 0 amide bonds. The van der Waals surface area contributed by atoms with E-state index < -0.39 is 11.2 Å². The standard InChI is InChI=1S/C9H7ClN4O2/c1-5-7(10)13-9(16)14(8(5)15)6-2-11-4-12-3-6/h2-4H,1H3,(H,13,16). The molecule has 7 heteroatoms. The summed E-state index contributed by atoms with van der Waals surface area (Å²) < 4.78 is 0.932. The van der Waals surface area contributed by atoms with E-state index in [1.165, 1.54) is 25.6 Å². The lowest BCUT2D eigenvalue weighted by Gasteiger charge is -2.04. The minimum atomic E-state index is -0.615. The highest BCUT2D eigenvalue weighted by Gasteiger charge is 2.10. The molecular weight excluding hydrogens is 232 g/mol. The van der Waals surface area contributed by atoms with Gasteiger partial charge in [0.05, 0.1) is 23.6 Å². The molecule has 0 aliphatic heterocycles. The third-order valence-electron chi connectivity index (χ3n) is 2.08. The van der Waals surface area contributed by atoms with Gasteiger partial charge in [0.2, 0.25) is 0 Å². The summed E-state index contributed by atoms with van der Waals surface area (Å²) in [6.07, 6.45) is 4.06. The zero-order chi connectivity index (χ0) is 11.7. The van der Waals surface area contributed by atoms with Gasteiger partial charge in [-0.1, -0.05) is 11.6 Å². The number of rotatable bonds is 1. The van der Waals surface area contributed by atoms with Crippen LogP contribution in [-0.2, 0) is 0 Å². The van der Waals surface area contributed by atoms with E-state index in [0.717, 1.165) is 4.57 Å². The maximum Gasteiger partial charge on any atom is 0.334 e. The topological polar surface area (TPSA) is 80.6 Å². The van der Waals surface area contributed by atoms with Gasteiger partial charge in [-0.05, 0) is 6.92 Å². The predicted molar refractivity (Wildman–Crippen MR) is 58.0 cm³/mol. The van der Waals surface area contributed by atoms with E-state index >= 15 is 0 Å². The Bertz CT molecular complexity index is 632. The van der Waals surface area contributed by atoms with Crippen molar-refractivity contribution in [3.05, 3.63) is 50.3 Å². The number of H-pyrrole nitrogens is 1. The average Bonchev–Trinajstić information content (AvgIpc) is 2.28. The predicted octanol–water partition coefficient (Wildman–Crippen LogP) is 0.278. The molecule has 16 heavy (non-hydrogen) atoms. The van der Waals surface area contributed by atoms with Crippen LogP contribution in [0.2, 0.25) is 5.15 Å². The van der Waals surface area contributed by atoms with E-state index in [1.807, 2.05) is 0 Å². The lowest BCUT2D eigenvalue weighted by Crippen LogP contribution is -2.35. The van der Waals surface area contributed by atoms with Crippen LogP contribution >= 0.6 is 11.6 Å². The van der Waals surface area contributed by atoms with Crippen LogP contribution in [-0.4, -0.2) is 19.5 Å². The van der Waals surface area contributed by atoms with Crippen LogP contribution in [0.15, 0.2) is 28.3 Å². The number of nitrogens with one attached hydrogen (secondary N) is 1. The second-order valence-corrected chi connectivity index (χ2v) is 3.48. The van der Waals surface area contributed by atoms with Gasteiger partial charge in [-0.2, -0.15) is 0 Å². The molecule has 0 aromatic carbocycles. The Balaban J connectivity index is 2.82. The molecular formula is C9H7ClN4O2. The highest BCUT2D eigenvalue weighted by molar-refractivity contribution is 6.30. The van der Waals surface area contributed by atoms with Gasteiger partial charge in [0.15, 0.2) is 0 Å². The summed E-state index contributed by atoms with van der Waals surface area (Å²) in [4.78, 5) is 33.2. The highest BCUT2D eigenvalue weighted by Crippen LogP contribution is 2.04. The van der Waals surface area contributed by atoms with Gasteiger partial charge in [-0.3, -0.25) is 9.78 Å². The second-order valence-electron chi connectivity index (χ2n) is 3.11. The number of nitrogens with zero attached hydrogens (tertiary/aromatic N) is 3. The summed E-state index contributed by atoms with van der Waals surface area (Å²) in [7, 11) is 0. The van der Waals surface area contributed by atoms with Gasteiger partial charge >= 0.3 is 5.69 Å². The van der Waals surface area contributed by atoms with Crippen molar-refractivity contribution in [2.75, 3.05) is 0 Å². The largest absolute Gasteiger partial charge is 0.334 e. The van der Waals surface area contributed by atoms with Crippen LogP contribution in [0.4, 0.5) is 0 Å². The molecule has 2 aromatic rings. The number of hydrogen-bond acceptors (Lipinski definition) is 4. The maximum atomic E-state index is 11.8. The second kappa shape index (κ2) is 3.90. The number of hydrogen-bond donors (Lipinski definition) is 1. The van der Waals surface area contributed by atoms with Gasteiger partial charge in [-0.15, -0.1) is 0 Å². The number of halogens is 1. The molecule has 0 unspecified atom stereocenters. The summed E-state index contributed by atoms with van der Waals surface area (Å²) in [6.45, 7) is 1.53. The molecule has 6 nitrogen and oxygen atoms in total. The van der Waals surface area contributed by atoms with Crippen LogP contribution in [0.25, 0.3) is 5.69 Å². The lowest BCUT2D eigenvalue weighted by atomic mass is 10.3. The zero-order valence-electron chi connectivity index (χ0n) is 8.27. The fourth-order valence-electron chi connectivity index (χ4n) is 1.24. The highest BCUT2D eigenvalue weighted by atomic mass is 35.5. The van der Waals surface area contributed by atoms with Crippen LogP contribution in [0.1, 0.15) is 5.56 Å². The minimum absolute atomic E-state index is 0.0445. The third kappa shape index (κ3) is 1.63. The number of aromatic amines is 1. The molecule has 0 aliphatic carbocycles. The van der Waals surface area contributed by atoms with E-state index in [4.69, 9.17) is 11.6 Å². The zero-order valence-corrected chi connectivity index (χ0v) is 9.02. The summed E-state index contributed by atoms with van der Waals surface area (Å²) in [5, 5.41) is 0.0445. The molecule has 0 bridgehead atoms. The Morgan fingerprint density at radius 1 is 1.31 bits per heavy atom. The van der Waals surface area contributed by atoms with Gasteiger partial charge in [-0.25, -0.2) is 19.3 Å². The Morgan fingerprint density at radius 3 is 2.56 bits per heavy atom. The first kappa shape index (κ1) is 10.6. The molecule has 2 rings (SSSR count). The Labute approximate surface area is 94.6 Å². The molecule has 0 fully saturated rings. The minimum Gasteiger partial charge on any atom is -0.297 e. The molecule has 2 heterocycles. The molecule has 82 valence electrons. The summed E-state index contributed by atoms with van der Waals surface area (Å²) in [5.74, 6) is 0. The van der Waals surface area contributed by atoms with Crippen molar-refractivity contribution in [2.24, 2.45) is 0 Å². The fraction of sp³-hybridized carbons (Fsp3) is 0.111. The van der Waals surface area contributed by atoms with Gasteiger partial charge in [0, 0.05) is 0 Å². The van der Waals surface area contributed by atoms with E-state index in [2.05, 4.69) is 15.0 Å². The Morgan fingerprint density at radius 2 is 1.94 bits per heavy atom. The smallest absolute Gasteiger partial charge is 0.297 e. The van der Waals surface area contributed by atoms with Crippen molar-refractivity contribution in [1.29, 1.82) is 0 Å². The number of aromatic nitrogens is 4. The summed E-state index contributed by atoms with van der Waals surface area (Å²) >= 11 is 5.68. The normalized spacial score (nSPS) is 10.4. The maximum absolute atomic E-state index is 11.8. The molecule has 0 saturated carbocycles. The van der Waals surface area contributed by atoms with Crippen LogP contribution in [0, 0.1) is 6.92 Å². The van der Waals surface area contributed by atoms with Crippen molar-refractivity contribution < 1.29 is 0 Å². The first-order valence-electron chi connectivity index (χ1n) is 4.38. The Kier molecular flexibility index (Phi) is 2.57. The average molecular weight is 239 g/mol. The van der Waals surface area contributed by atoms with Gasteiger partial charge in [0.25, 0.3) is 5.56 Å². The first-order valence-corrected chi connectivity index (χ1v) is 4.76. The molecule has 0 radical (unpaired) electrons. The SMILES string of the molecule is Cc1c(Cl)[nH]c(=O)n(-c2cncnc2)c1=O. The van der Waals surface area contributed by atoms with Crippen LogP contribution < -0.4 is 11.2 Å². The summed E-state index contributed by atoms with van der Waals surface area (Å²) in [6, 6.07) is 0. The van der Waals surface area contributed by atoms with E-state index in [-0.39, 0.29) is 10.7 Å². The van der Waals surface area contributed by atoms with Crippen molar-refractivity contribution >= 4 is 11.6 Å². The van der Waals surface area contributed by atoms with Crippen molar-refractivity contribution in [1.82, 2.24) is 19.5 Å². The molecule has 0 aliphatic rings. The van der Waals surface area contributed by atoms with Crippen LogP contribution in [0.5, 0.6) is 0 Å². The molecule has 2 aromatic heterocycles. The van der Waals surface area contributed by atoms with Gasteiger partial charge in [0.1, 0.15) is 11.5 Å². The van der Waals surface area contributed by atoms with Crippen molar-refractivity contribution in [3.8, 4) is 5.69 Å². The Hall–Kier alpha value is -1.95. The third-order valence-corrected chi connectivity index (χ3v) is 2.46. The lowest BCUT2D eigenvalue weighted by molar-refractivity contribution is 0.847. The van der Waals surface area contributed by atoms with E-state index in [9.17, 15) is 9.59 Å². The molecule has 0 saturated heterocycles. The van der Waals surface area contributed by atoms with Crippen molar-refractivity contribution in [3.63, 3.8) is 0 Å². The van der Waals surface area contributed by atoms with Crippen LogP contribution in [0.3, 0.4) is 0 Å². The van der Waals surface area contributed by atoms with Gasteiger partial charge < -0.3 is 0 Å². The summed E-state index contributed by atoms with van der Waals surface area (Å²) in [5.41, 5.74) is -0.530. The van der Waals surface area contributed by atoms with Crippen molar-refractivity contribution in [2.45, 2.75) is 6.92 Å². The molecule has 1 N–H and O–H groups in total. The molecule has 0 atom stereocenters. The fourth-order valence-corrected chi connectivity index (χ4v) is 1.40. The first-order chi connectivity index (χ1) is 7.61. The van der Waals surface area contributed by atoms with E-state index in [0.29, 0.717) is 5.69 Å². The van der Waals surface area contributed by atoms with E-state index in [1.54, 1.807) is 0 Å². The molecule has 0 spiro atoms.